The van der Waals surface area contributed by atoms with E-state index in [2.05, 4.69) is 6.07 Å². The normalized spacial score (nSPS) is 29.7. The van der Waals surface area contributed by atoms with E-state index in [0.717, 1.165) is 37.2 Å². The second-order valence-electron chi connectivity index (χ2n) is 5.95. The molecule has 4 heteroatoms. The Morgan fingerprint density at radius 3 is 2.37 bits per heavy atom. The third-order valence-corrected chi connectivity index (χ3v) is 4.81. The summed E-state index contributed by atoms with van der Waals surface area (Å²) in [7, 11) is 0. The number of furan rings is 1. The van der Waals surface area contributed by atoms with Crippen molar-refractivity contribution in [2.75, 3.05) is 13.2 Å². The molecule has 1 aliphatic heterocycles. The number of carboxylic acid groups (broad SMARTS) is 1. The molecule has 1 aromatic rings. The van der Waals surface area contributed by atoms with E-state index < -0.39 is 5.97 Å². The molecule has 1 N–H and O–H groups in total. The van der Waals surface area contributed by atoms with Gasteiger partial charge in [-0.3, -0.25) is 4.79 Å². The molecule has 4 nitrogen and oxygen atoms in total. The highest BCUT2D eigenvalue weighted by molar-refractivity contribution is 5.70. The van der Waals surface area contributed by atoms with Gasteiger partial charge < -0.3 is 14.3 Å². The lowest BCUT2D eigenvalue weighted by Crippen LogP contribution is -2.53. The SMILES string of the molecule is Cc1ccc(C2(C3CCC(C(=O)O)CC3)COC2)o1. The van der Waals surface area contributed by atoms with Gasteiger partial charge in [0.05, 0.1) is 24.5 Å². The van der Waals surface area contributed by atoms with Crippen molar-refractivity contribution in [1.82, 2.24) is 0 Å². The van der Waals surface area contributed by atoms with Crippen molar-refractivity contribution in [3.8, 4) is 0 Å². The first-order valence-corrected chi connectivity index (χ1v) is 6.99. The number of carboxylic acids is 1. The molecule has 0 bridgehead atoms. The van der Waals surface area contributed by atoms with Gasteiger partial charge in [-0.2, -0.15) is 0 Å². The van der Waals surface area contributed by atoms with Gasteiger partial charge in [0, 0.05) is 0 Å². The van der Waals surface area contributed by atoms with Gasteiger partial charge in [0.25, 0.3) is 0 Å². The van der Waals surface area contributed by atoms with Crippen molar-refractivity contribution in [2.45, 2.75) is 38.0 Å². The van der Waals surface area contributed by atoms with E-state index >= 15 is 0 Å². The summed E-state index contributed by atoms with van der Waals surface area (Å²) in [5.74, 6) is 1.64. The molecule has 0 unspecified atom stereocenters. The molecule has 2 aliphatic rings. The van der Waals surface area contributed by atoms with Crippen LogP contribution < -0.4 is 0 Å². The molecule has 104 valence electrons. The predicted molar refractivity (Wildman–Crippen MR) is 69.0 cm³/mol. The summed E-state index contributed by atoms with van der Waals surface area (Å²) < 4.78 is 11.3. The summed E-state index contributed by atoms with van der Waals surface area (Å²) in [5.41, 5.74) is -0.00225. The fourth-order valence-corrected chi connectivity index (χ4v) is 3.50. The monoisotopic (exact) mass is 264 g/mol. The lowest BCUT2D eigenvalue weighted by molar-refractivity contribution is -0.145. The quantitative estimate of drug-likeness (QED) is 0.912. The second-order valence-corrected chi connectivity index (χ2v) is 5.95. The molecule has 0 atom stereocenters. The Labute approximate surface area is 112 Å². The van der Waals surface area contributed by atoms with Crippen LogP contribution in [0.5, 0.6) is 0 Å². The van der Waals surface area contributed by atoms with E-state index in [-0.39, 0.29) is 11.3 Å². The van der Waals surface area contributed by atoms with Crippen molar-refractivity contribution in [3.05, 3.63) is 23.7 Å². The summed E-state index contributed by atoms with van der Waals surface area (Å²) in [5, 5.41) is 9.08. The Hall–Kier alpha value is -1.29. The number of aliphatic carboxylic acids is 1. The Balaban J connectivity index is 1.75. The zero-order valence-corrected chi connectivity index (χ0v) is 11.2. The number of hydrogen-bond donors (Lipinski definition) is 1. The standard InChI is InChI=1S/C15H20O4/c1-10-2-7-13(19-10)15(8-18-9-15)12-5-3-11(4-6-12)14(16)17/h2,7,11-12H,3-6,8-9H2,1H3,(H,16,17). The number of rotatable bonds is 3. The van der Waals surface area contributed by atoms with Crippen LogP contribution in [0.2, 0.25) is 0 Å². The molecule has 1 aromatic heterocycles. The zero-order valence-electron chi connectivity index (χ0n) is 11.2. The molecule has 0 spiro atoms. The largest absolute Gasteiger partial charge is 0.481 e. The highest BCUT2D eigenvalue weighted by Crippen LogP contribution is 2.47. The molecule has 2 fully saturated rings. The highest BCUT2D eigenvalue weighted by Gasteiger charge is 2.50. The van der Waals surface area contributed by atoms with Crippen LogP contribution in [0.4, 0.5) is 0 Å². The molecule has 1 aliphatic carbocycles. The minimum atomic E-state index is -0.647. The van der Waals surface area contributed by atoms with Gasteiger partial charge in [-0.1, -0.05) is 0 Å². The first kappa shape index (κ1) is 12.7. The van der Waals surface area contributed by atoms with Crippen molar-refractivity contribution in [2.24, 2.45) is 11.8 Å². The maximum absolute atomic E-state index is 11.0. The first-order chi connectivity index (χ1) is 9.12. The first-order valence-electron chi connectivity index (χ1n) is 6.99. The Bertz CT molecular complexity index is 464. The van der Waals surface area contributed by atoms with Crippen LogP contribution in [0.3, 0.4) is 0 Å². The summed E-state index contributed by atoms with van der Waals surface area (Å²) in [4.78, 5) is 11.0. The van der Waals surface area contributed by atoms with E-state index in [0.29, 0.717) is 19.1 Å². The minimum Gasteiger partial charge on any atom is -0.481 e. The smallest absolute Gasteiger partial charge is 0.306 e. The summed E-state index contributed by atoms with van der Waals surface area (Å²) >= 11 is 0. The van der Waals surface area contributed by atoms with Crippen molar-refractivity contribution in [1.29, 1.82) is 0 Å². The van der Waals surface area contributed by atoms with Gasteiger partial charge in [0.15, 0.2) is 0 Å². The van der Waals surface area contributed by atoms with E-state index in [1.807, 2.05) is 13.0 Å². The topological polar surface area (TPSA) is 59.7 Å². The Morgan fingerprint density at radius 1 is 1.26 bits per heavy atom. The third kappa shape index (κ3) is 2.08. The zero-order chi connectivity index (χ0) is 13.5. The number of hydrogen-bond acceptors (Lipinski definition) is 3. The fourth-order valence-electron chi connectivity index (χ4n) is 3.50. The van der Waals surface area contributed by atoms with Crippen LogP contribution >= 0.6 is 0 Å². The van der Waals surface area contributed by atoms with Gasteiger partial charge in [0.2, 0.25) is 0 Å². The summed E-state index contributed by atoms with van der Waals surface area (Å²) in [6.07, 6.45) is 3.48. The van der Waals surface area contributed by atoms with Crippen LogP contribution in [-0.4, -0.2) is 24.3 Å². The Kier molecular flexibility index (Phi) is 3.13. The van der Waals surface area contributed by atoms with Gasteiger partial charge in [-0.25, -0.2) is 0 Å². The average molecular weight is 264 g/mol. The fraction of sp³-hybridized carbons (Fsp3) is 0.667. The van der Waals surface area contributed by atoms with E-state index in [1.165, 1.54) is 0 Å². The van der Waals surface area contributed by atoms with Crippen molar-refractivity contribution >= 4 is 5.97 Å². The van der Waals surface area contributed by atoms with Crippen LogP contribution in [-0.2, 0) is 14.9 Å². The van der Waals surface area contributed by atoms with Crippen LogP contribution in [0.25, 0.3) is 0 Å². The van der Waals surface area contributed by atoms with Crippen molar-refractivity contribution in [3.63, 3.8) is 0 Å². The number of carbonyl (C=O) groups is 1. The second kappa shape index (κ2) is 4.67. The molecule has 0 radical (unpaired) electrons. The molecule has 1 saturated heterocycles. The lowest BCUT2D eigenvalue weighted by Gasteiger charge is -2.47. The van der Waals surface area contributed by atoms with Crippen LogP contribution in [0, 0.1) is 18.8 Å². The summed E-state index contributed by atoms with van der Waals surface area (Å²) in [6.45, 7) is 3.38. The number of ether oxygens (including phenoxy) is 1. The van der Waals surface area contributed by atoms with Gasteiger partial charge >= 0.3 is 5.97 Å². The molecule has 0 aromatic carbocycles. The van der Waals surface area contributed by atoms with E-state index in [4.69, 9.17) is 14.3 Å². The number of aryl methyl sites for hydroxylation is 1. The van der Waals surface area contributed by atoms with E-state index in [1.54, 1.807) is 0 Å². The molecule has 19 heavy (non-hydrogen) atoms. The molecule has 0 amide bonds. The maximum atomic E-state index is 11.0. The Morgan fingerprint density at radius 2 is 1.95 bits per heavy atom. The van der Waals surface area contributed by atoms with Gasteiger partial charge in [0.1, 0.15) is 11.5 Å². The highest BCUT2D eigenvalue weighted by atomic mass is 16.5. The maximum Gasteiger partial charge on any atom is 0.306 e. The molecule has 2 heterocycles. The lowest BCUT2D eigenvalue weighted by atomic mass is 9.64. The van der Waals surface area contributed by atoms with Crippen LogP contribution in [0.15, 0.2) is 16.5 Å². The van der Waals surface area contributed by atoms with Gasteiger partial charge in [-0.15, -0.1) is 0 Å². The molecular weight excluding hydrogens is 244 g/mol. The third-order valence-electron chi connectivity index (χ3n) is 4.81. The molecular formula is C15H20O4. The average Bonchev–Trinajstić information content (AvgIpc) is 2.75. The molecule has 1 saturated carbocycles. The molecule has 3 rings (SSSR count). The summed E-state index contributed by atoms with van der Waals surface area (Å²) in [6, 6.07) is 4.05. The predicted octanol–water partition coefficient (Wildman–Crippen LogP) is 2.75. The minimum absolute atomic E-state index is 0.00225. The van der Waals surface area contributed by atoms with Crippen LogP contribution in [0.1, 0.15) is 37.2 Å². The van der Waals surface area contributed by atoms with E-state index in [9.17, 15) is 4.79 Å². The van der Waals surface area contributed by atoms with Gasteiger partial charge in [-0.05, 0) is 50.7 Å². The van der Waals surface area contributed by atoms with Crippen molar-refractivity contribution < 1.29 is 19.1 Å².